The number of aryl methyl sites for hydroxylation is 1. The number of amides is 1. The molecule has 1 N–H and O–H groups in total. The van der Waals surface area contributed by atoms with Gasteiger partial charge in [0, 0.05) is 18.7 Å². The van der Waals surface area contributed by atoms with E-state index in [1.54, 1.807) is 48.5 Å². The minimum atomic E-state index is -3.68. The number of benzene rings is 2. The van der Waals surface area contributed by atoms with Crippen LogP contribution in [0.2, 0.25) is 0 Å². The zero-order valence-corrected chi connectivity index (χ0v) is 15.1. The maximum absolute atomic E-state index is 12.8. The predicted molar refractivity (Wildman–Crippen MR) is 95.8 cm³/mol. The van der Waals surface area contributed by atoms with Gasteiger partial charge in [-0.3, -0.25) is 9.10 Å². The number of rotatable bonds is 5. The molecule has 5 nitrogen and oxygen atoms in total. The molecule has 2 aromatic rings. The Kier molecular flexibility index (Phi) is 5.29. The lowest BCUT2D eigenvalue weighted by atomic mass is 10.1. The van der Waals surface area contributed by atoms with Gasteiger partial charge in [0.15, 0.2) is 0 Å². The molecule has 0 heterocycles. The first kappa shape index (κ1) is 18.0. The van der Waals surface area contributed by atoms with Crippen molar-refractivity contribution in [2.24, 2.45) is 0 Å². The third-order valence-corrected chi connectivity index (χ3v) is 5.42. The van der Waals surface area contributed by atoms with Crippen LogP contribution in [0.3, 0.4) is 0 Å². The summed E-state index contributed by atoms with van der Waals surface area (Å²) in [5, 5.41) is 2.81. The van der Waals surface area contributed by atoms with E-state index >= 15 is 0 Å². The van der Waals surface area contributed by atoms with Gasteiger partial charge in [0.05, 0.1) is 10.6 Å². The number of hydrogen-bond acceptors (Lipinski definition) is 3. The lowest BCUT2D eigenvalue weighted by Gasteiger charge is -2.22. The van der Waals surface area contributed by atoms with Crippen LogP contribution in [0, 0.1) is 6.92 Å². The van der Waals surface area contributed by atoms with E-state index in [1.807, 2.05) is 20.8 Å². The number of nitrogens with one attached hydrogen (secondary N) is 1. The summed E-state index contributed by atoms with van der Waals surface area (Å²) in [7, 11) is -2.18. The lowest BCUT2D eigenvalue weighted by molar-refractivity contribution is 0.0943. The first-order chi connectivity index (χ1) is 11.2. The van der Waals surface area contributed by atoms with E-state index in [2.05, 4.69) is 5.32 Å². The van der Waals surface area contributed by atoms with E-state index in [0.717, 1.165) is 5.56 Å². The fourth-order valence-electron chi connectivity index (χ4n) is 2.32. The average molecular weight is 346 g/mol. The van der Waals surface area contributed by atoms with E-state index in [0.29, 0.717) is 11.3 Å². The molecule has 0 saturated carbocycles. The van der Waals surface area contributed by atoms with Crippen LogP contribution in [0.1, 0.15) is 29.8 Å². The summed E-state index contributed by atoms with van der Waals surface area (Å²) < 4.78 is 26.8. The molecule has 0 aliphatic heterocycles. The third kappa shape index (κ3) is 3.76. The molecule has 0 aromatic heterocycles. The Morgan fingerprint density at radius 3 is 2.29 bits per heavy atom. The number of nitrogens with zero attached hydrogens (tertiary/aromatic N) is 1. The van der Waals surface area contributed by atoms with Gasteiger partial charge >= 0.3 is 0 Å². The largest absolute Gasteiger partial charge is 0.350 e. The molecule has 0 atom stereocenters. The monoisotopic (exact) mass is 346 g/mol. The quantitative estimate of drug-likeness (QED) is 0.905. The molecular formula is C18H22N2O3S. The summed E-state index contributed by atoms with van der Waals surface area (Å²) in [6, 6.07) is 13.3. The molecule has 6 heteroatoms. The Morgan fingerprint density at radius 2 is 1.71 bits per heavy atom. The SMILES string of the molecule is Cc1ccc(C(=O)NC(C)C)cc1N(C)S(=O)(=O)c1ccccc1. The van der Waals surface area contributed by atoms with Crippen LogP contribution >= 0.6 is 0 Å². The summed E-state index contributed by atoms with van der Waals surface area (Å²) in [5.41, 5.74) is 1.69. The highest BCUT2D eigenvalue weighted by Crippen LogP contribution is 2.26. The molecule has 2 rings (SSSR count). The molecule has 0 aliphatic rings. The van der Waals surface area contributed by atoms with Crippen LogP contribution in [0.4, 0.5) is 5.69 Å². The van der Waals surface area contributed by atoms with Crippen molar-refractivity contribution >= 4 is 21.6 Å². The minimum absolute atomic E-state index is 0.00744. The fourth-order valence-corrected chi connectivity index (χ4v) is 3.59. The maximum Gasteiger partial charge on any atom is 0.264 e. The molecule has 24 heavy (non-hydrogen) atoms. The first-order valence-electron chi connectivity index (χ1n) is 7.69. The minimum Gasteiger partial charge on any atom is -0.350 e. The second-order valence-corrected chi connectivity index (χ2v) is 7.88. The topological polar surface area (TPSA) is 66.5 Å². The van der Waals surface area contributed by atoms with E-state index in [1.165, 1.54) is 11.4 Å². The van der Waals surface area contributed by atoms with Gasteiger partial charge in [-0.1, -0.05) is 24.3 Å². The van der Waals surface area contributed by atoms with Crippen LogP contribution in [0.15, 0.2) is 53.4 Å². The summed E-state index contributed by atoms with van der Waals surface area (Å²) in [6.07, 6.45) is 0. The van der Waals surface area contributed by atoms with Crippen LogP contribution < -0.4 is 9.62 Å². The van der Waals surface area contributed by atoms with Gasteiger partial charge in [0.1, 0.15) is 0 Å². The first-order valence-corrected chi connectivity index (χ1v) is 9.13. The molecule has 2 aromatic carbocycles. The molecule has 0 unspecified atom stereocenters. The normalized spacial score (nSPS) is 11.4. The molecule has 0 fully saturated rings. The lowest BCUT2D eigenvalue weighted by Crippen LogP contribution is -2.31. The van der Waals surface area contributed by atoms with Gasteiger partial charge in [-0.05, 0) is 50.6 Å². The Labute approximate surface area is 143 Å². The van der Waals surface area contributed by atoms with Gasteiger partial charge in [-0.15, -0.1) is 0 Å². The molecule has 0 radical (unpaired) electrons. The Morgan fingerprint density at radius 1 is 1.08 bits per heavy atom. The van der Waals surface area contributed by atoms with Crippen molar-refractivity contribution in [3.05, 3.63) is 59.7 Å². The van der Waals surface area contributed by atoms with E-state index in [4.69, 9.17) is 0 Å². The Bertz CT molecular complexity index is 831. The van der Waals surface area contributed by atoms with Gasteiger partial charge in [-0.25, -0.2) is 8.42 Å². The second-order valence-electron chi connectivity index (χ2n) is 5.92. The molecule has 0 aliphatic carbocycles. The van der Waals surface area contributed by atoms with Crippen molar-refractivity contribution < 1.29 is 13.2 Å². The van der Waals surface area contributed by atoms with Gasteiger partial charge in [0.2, 0.25) is 0 Å². The highest BCUT2D eigenvalue weighted by Gasteiger charge is 2.23. The fraction of sp³-hybridized carbons (Fsp3) is 0.278. The zero-order valence-electron chi connectivity index (χ0n) is 14.3. The van der Waals surface area contributed by atoms with E-state index in [9.17, 15) is 13.2 Å². The molecule has 128 valence electrons. The highest BCUT2D eigenvalue weighted by molar-refractivity contribution is 7.92. The van der Waals surface area contributed by atoms with Crippen LogP contribution in [0.25, 0.3) is 0 Å². The third-order valence-electron chi connectivity index (χ3n) is 3.63. The number of hydrogen-bond donors (Lipinski definition) is 1. The Hall–Kier alpha value is -2.34. The van der Waals surface area contributed by atoms with Crippen molar-refractivity contribution in [1.29, 1.82) is 0 Å². The average Bonchev–Trinajstić information content (AvgIpc) is 2.54. The van der Waals surface area contributed by atoms with Crippen molar-refractivity contribution in [1.82, 2.24) is 5.32 Å². The van der Waals surface area contributed by atoms with Crippen LogP contribution in [-0.4, -0.2) is 27.4 Å². The standard InChI is InChI=1S/C18H22N2O3S/c1-13(2)19-18(21)15-11-10-14(3)17(12-15)20(4)24(22,23)16-8-6-5-7-9-16/h5-13H,1-4H3,(H,19,21). The van der Waals surface area contributed by atoms with Gasteiger partial charge in [0.25, 0.3) is 15.9 Å². The van der Waals surface area contributed by atoms with Gasteiger partial charge in [-0.2, -0.15) is 0 Å². The van der Waals surface area contributed by atoms with Crippen molar-refractivity contribution in [2.75, 3.05) is 11.4 Å². The Balaban J connectivity index is 2.42. The van der Waals surface area contributed by atoms with Gasteiger partial charge < -0.3 is 5.32 Å². The number of carbonyl (C=O) groups is 1. The van der Waals surface area contributed by atoms with Crippen molar-refractivity contribution in [3.63, 3.8) is 0 Å². The summed E-state index contributed by atoms with van der Waals surface area (Å²) >= 11 is 0. The molecule has 1 amide bonds. The summed E-state index contributed by atoms with van der Waals surface area (Å²) in [5.74, 6) is -0.225. The number of carbonyl (C=O) groups excluding carboxylic acids is 1. The van der Waals surface area contributed by atoms with E-state index < -0.39 is 10.0 Å². The van der Waals surface area contributed by atoms with E-state index in [-0.39, 0.29) is 16.8 Å². The maximum atomic E-state index is 12.8. The van der Waals surface area contributed by atoms with Crippen LogP contribution in [-0.2, 0) is 10.0 Å². The number of sulfonamides is 1. The summed E-state index contributed by atoms with van der Waals surface area (Å²) in [4.78, 5) is 12.4. The highest BCUT2D eigenvalue weighted by atomic mass is 32.2. The van der Waals surface area contributed by atoms with Crippen LogP contribution in [0.5, 0.6) is 0 Å². The smallest absolute Gasteiger partial charge is 0.264 e. The summed E-state index contributed by atoms with van der Waals surface area (Å²) in [6.45, 7) is 5.56. The second kappa shape index (κ2) is 7.05. The van der Waals surface area contributed by atoms with Crippen molar-refractivity contribution in [2.45, 2.75) is 31.7 Å². The predicted octanol–water partition coefficient (Wildman–Crippen LogP) is 2.96. The molecule has 0 saturated heterocycles. The number of anilines is 1. The molecule has 0 spiro atoms. The molecule has 0 bridgehead atoms. The molecular weight excluding hydrogens is 324 g/mol. The van der Waals surface area contributed by atoms with Crippen molar-refractivity contribution in [3.8, 4) is 0 Å². The zero-order chi connectivity index (χ0) is 17.9.